The maximum absolute atomic E-state index is 9.81. The van der Waals surface area contributed by atoms with Crippen LogP contribution in [0.3, 0.4) is 0 Å². The highest BCUT2D eigenvalue weighted by atomic mass is 16.5. The number of hydrogen-bond acceptors (Lipinski definition) is 3. The van der Waals surface area contributed by atoms with E-state index in [1.807, 2.05) is 66.7 Å². The normalized spacial score (nSPS) is 11.4. The third-order valence-electron chi connectivity index (χ3n) is 5.89. The van der Waals surface area contributed by atoms with Crippen LogP contribution in [0.5, 0.6) is 11.5 Å². The van der Waals surface area contributed by atoms with E-state index in [9.17, 15) is 5.26 Å². The van der Waals surface area contributed by atoms with E-state index in [0.717, 1.165) is 27.5 Å². The molecule has 5 aromatic rings. The Balaban J connectivity index is 1.38. The molecule has 0 bridgehead atoms. The molecule has 164 valence electrons. The van der Waals surface area contributed by atoms with Gasteiger partial charge in [-0.15, -0.1) is 0 Å². The van der Waals surface area contributed by atoms with Gasteiger partial charge in [0, 0.05) is 0 Å². The highest BCUT2D eigenvalue weighted by Crippen LogP contribution is 2.31. The van der Waals surface area contributed by atoms with Crippen LogP contribution < -0.4 is 9.47 Å². The lowest BCUT2D eigenvalue weighted by molar-refractivity contribution is 0.284. The molecule has 0 N–H and O–H groups in total. The Morgan fingerprint density at radius 1 is 0.735 bits per heavy atom. The van der Waals surface area contributed by atoms with Gasteiger partial charge in [-0.3, -0.25) is 0 Å². The van der Waals surface area contributed by atoms with Crippen molar-refractivity contribution in [3.05, 3.63) is 120 Å². The van der Waals surface area contributed by atoms with E-state index < -0.39 is 0 Å². The maximum atomic E-state index is 9.81. The largest absolute Gasteiger partial charge is 0.493 e. The maximum Gasteiger partial charge on any atom is 0.161 e. The lowest BCUT2D eigenvalue weighted by Crippen LogP contribution is -1.98. The molecule has 0 aliphatic carbocycles. The van der Waals surface area contributed by atoms with Crippen molar-refractivity contribution in [1.29, 1.82) is 5.26 Å². The molecule has 0 unspecified atom stereocenters. The van der Waals surface area contributed by atoms with Crippen molar-refractivity contribution < 1.29 is 9.47 Å². The fourth-order valence-corrected chi connectivity index (χ4v) is 4.09. The minimum atomic E-state index is 0.441. The minimum absolute atomic E-state index is 0.441. The van der Waals surface area contributed by atoms with Gasteiger partial charge in [0.25, 0.3) is 0 Å². The van der Waals surface area contributed by atoms with Gasteiger partial charge in [-0.2, -0.15) is 5.26 Å². The second-order valence-corrected chi connectivity index (χ2v) is 8.11. The predicted octanol–water partition coefficient (Wildman–Crippen LogP) is 7.64. The summed E-state index contributed by atoms with van der Waals surface area (Å²) in [6.07, 6.45) is 1.87. The molecule has 0 aromatic heterocycles. The number of nitrogens with zero attached hydrogens (tertiary/aromatic N) is 1. The second kappa shape index (κ2) is 9.52. The Bertz CT molecular complexity index is 1560. The quantitative estimate of drug-likeness (QED) is 0.201. The Morgan fingerprint density at radius 3 is 2.12 bits per heavy atom. The van der Waals surface area contributed by atoms with Gasteiger partial charge in [0.2, 0.25) is 0 Å². The van der Waals surface area contributed by atoms with Crippen molar-refractivity contribution in [2.75, 3.05) is 7.11 Å². The summed E-state index contributed by atoms with van der Waals surface area (Å²) in [5.41, 5.74) is 3.45. The van der Waals surface area contributed by atoms with Crippen LogP contribution in [0.15, 0.2) is 103 Å². The number of rotatable bonds is 6. The molecule has 0 saturated heterocycles. The number of hydrogen-bond donors (Lipinski definition) is 0. The fraction of sp³-hybridized carbons (Fsp3) is 0.0645. The number of allylic oxidation sites excluding steroid dienone is 1. The molecule has 0 aliphatic heterocycles. The molecule has 0 heterocycles. The average molecular weight is 442 g/mol. The summed E-state index contributed by atoms with van der Waals surface area (Å²) < 4.78 is 11.7. The summed E-state index contributed by atoms with van der Waals surface area (Å²) in [5, 5.41) is 14.5. The first-order chi connectivity index (χ1) is 16.7. The molecule has 34 heavy (non-hydrogen) atoms. The zero-order valence-corrected chi connectivity index (χ0v) is 18.9. The molecular formula is C31H23NO2. The topological polar surface area (TPSA) is 42.2 Å². The van der Waals surface area contributed by atoms with E-state index in [1.165, 1.54) is 10.8 Å². The van der Waals surface area contributed by atoms with Gasteiger partial charge in [0.15, 0.2) is 11.5 Å². The Labute approximate surface area is 199 Å². The second-order valence-electron chi connectivity index (χ2n) is 8.11. The number of ether oxygens (including phenoxy) is 2. The molecule has 3 heteroatoms. The summed E-state index contributed by atoms with van der Waals surface area (Å²) in [6.45, 7) is 0.441. The summed E-state index contributed by atoms with van der Waals surface area (Å²) in [4.78, 5) is 0. The smallest absolute Gasteiger partial charge is 0.161 e. The van der Waals surface area contributed by atoms with Gasteiger partial charge in [-0.25, -0.2) is 0 Å². The molecule has 0 spiro atoms. The third kappa shape index (κ3) is 4.48. The lowest BCUT2D eigenvalue weighted by Gasteiger charge is -2.12. The Morgan fingerprint density at radius 2 is 1.41 bits per heavy atom. The summed E-state index contributed by atoms with van der Waals surface area (Å²) in [6, 6.07) is 36.9. The zero-order valence-electron chi connectivity index (χ0n) is 18.9. The van der Waals surface area contributed by atoms with Crippen LogP contribution in [0.1, 0.15) is 16.7 Å². The first-order valence-electron chi connectivity index (χ1n) is 11.1. The standard InChI is InChI=1S/C31H23NO2/c1-33-31-18-22(16-29(20-32)28-14-13-25-7-3-5-9-27(25)19-28)11-15-30(31)34-21-23-10-12-24-6-2-4-8-26(24)17-23/h2-19H,21H2,1H3. The molecular weight excluding hydrogens is 418 g/mol. The van der Waals surface area contributed by atoms with E-state index in [2.05, 4.69) is 48.5 Å². The minimum Gasteiger partial charge on any atom is -0.493 e. The number of fused-ring (bicyclic) bond motifs is 2. The van der Waals surface area contributed by atoms with Gasteiger partial charge >= 0.3 is 0 Å². The van der Waals surface area contributed by atoms with E-state index in [0.29, 0.717) is 23.7 Å². The monoisotopic (exact) mass is 441 g/mol. The lowest BCUT2D eigenvalue weighted by atomic mass is 10.00. The molecule has 0 radical (unpaired) electrons. The van der Waals surface area contributed by atoms with Gasteiger partial charge < -0.3 is 9.47 Å². The fourth-order valence-electron chi connectivity index (χ4n) is 4.09. The Hall–Kier alpha value is -4.55. The van der Waals surface area contributed by atoms with Gasteiger partial charge in [-0.1, -0.05) is 78.9 Å². The van der Waals surface area contributed by atoms with Crippen LogP contribution in [0.2, 0.25) is 0 Å². The molecule has 0 amide bonds. The highest BCUT2D eigenvalue weighted by molar-refractivity contribution is 5.94. The summed E-state index contributed by atoms with van der Waals surface area (Å²) in [7, 11) is 1.63. The first-order valence-corrected chi connectivity index (χ1v) is 11.1. The SMILES string of the molecule is COc1cc(C=C(C#N)c2ccc3ccccc3c2)ccc1OCc1ccc2ccccc2c1. The van der Waals surface area contributed by atoms with Crippen molar-refractivity contribution >= 4 is 33.2 Å². The molecule has 5 aromatic carbocycles. The Kier molecular flexibility index (Phi) is 5.97. The number of benzene rings is 5. The molecule has 3 nitrogen and oxygen atoms in total. The van der Waals surface area contributed by atoms with Gasteiger partial charge in [-0.05, 0) is 68.6 Å². The van der Waals surface area contributed by atoms with E-state index in [1.54, 1.807) is 7.11 Å². The number of nitriles is 1. The van der Waals surface area contributed by atoms with Crippen molar-refractivity contribution in [1.82, 2.24) is 0 Å². The molecule has 0 aliphatic rings. The van der Waals surface area contributed by atoms with Gasteiger partial charge in [0.1, 0.15) is 6.61 Å². The van der Waals surface area contributed by atoms with E-state index in [-0.39, 0.29) is 0 Å². The number of methoxy groups -OCH3 is 1. The van der Waals surface area contributed by atoms with Crippen LogP contribution in [0.4, 0.5) is 0 Å². The van der Waals surface area contributed by atoms with Crippen LogP contribution in [-0.2, 0) is 6.61 Å². The summed E-state index contributed by atoms with van der Waals surface area (Å²) >= 11 is 0. The van der Waals surface area contributed by atoms with E-state index in [4.69, 9.17) is 9.47 Å². The molecule has 0 atom stereocenters. The average Bonchev–Trinajstić information content (AvgIpc) is 2.90. The highest BCUT2D eigenvalue weighted by Gasteiger charge is 2.08. The van der Waals surface area contributed by atoms with Crippen LogP contribution in [0.25, 0.3) is 33.2 Å². The van der Waals surface area contributed by atoms with Crippen LogP contribution >= 0.6 is 0 Å². The van der Waals surface area contributed by atoms with Crippen molar-refractivity contribution in [2.45, 2.75) is 6.61 Å². The van der Waals surface area contributed by atoms with Crippen molar-refractivity contribution in [3.63, 3.8) is 0 Å². The van der Waals surface area contributed by atoms with Crippen molar-refractivity contribution in [2.24, 2.45) is 0 Å². The van der Waals surface area contributed by atoms with Gasteiger partial charge in [0.05, 0.1) is 18.8 Å². The van der Waals surface area contributed by atoms with Crippen LogP contribution in [-0.4, -0.2) is 7.11 Å². The van der Waals surface area contributed by atoms with Crippen molar-refractivity contribution in [3.8, 4) is 17.6 Å². The first kappa shape index (κ1) is 21.3. The molecule has 5 rings (SSSR count). The van der Waals surface area contributed by atoms with E-state index >= 15 is 0 Å². The zero-order chi connectivity index (χ0) is 23.3. The molecule has 0 fully saturated rings. The molecule has 0 saturated carbocycles. The summed E-state index contributed by atoms with van der Waals surface area (Å²) in [5.74, 6) is 1.29. The van der Waals surface area contributed by atoms with Crippen LogP contribution in [0, 0.1) is 11.3 Å². The predicted molar refractivity (Wildman–Crippen MR) is 139 cm³/mol. The third-order valence-corrected chi connectivity index (χ3v) is 5.89.